The fourth-order valence-corrected chi connectivity index (χ4v) is 1.63. The van der Waals surface area contributed by atoms with E-state index in [1.807, 2.05) is 25.7 Å². The first-order valence-electron chi connectivity index (χ1n) is 4.96. The Morgan fingerprint density at radius 3 is 2.57 bits per heavy atom. The zero-order valence-electron chi connectivity index (χ0n) is 9.46. The van der Waals surface area contributed by atoms with Crippen molar-refractivity contribution in [1.82, 2.24) is 4.90 Å². The zero-order chi connectivity index (χ0) is 10.8. The Kier molecular flexibility index (Phi) is 3.32. The second-order valence-corrected chi connectivity index (χ2v) is 4.39. The average molecular weight is 197 g/mol. The van der Waals surface area contributed by atoms with Crippen molar-refractivity contribution < 1.29 is 9.53 Å². The quantitative estimate of drug-likeness (QED) is 0.629. The van der Waals surface area contributed by atoms with E-state index in [0.29, 0.717) is 6.54 Å². The minimum Gasteiger partial charge on any atom is -0.377 e. The molecule has 0 aliphatic carbocycles. The highest BCUT2D eigenvalue weighted by atomic mass is 16.5. The number of likely N-dealkylation sites (tertiary alicyclic amines) is 1. The summed E-state index contributed by atoms with van der Waals surface area (Å²) in [6.45, 7) is 7.41. The van der Waals surface area contributed by atoms with Crippen LogP contribution < -0.4 is 0 Å². The number of hydrogen-bond acceptors (Lipinski definition) is 2. The van der Waals surface area contributed by atoms with Gasteiger partial charge in [0.15, 0.2) is 0 Å². The van der Waals surface area contributed by atoms with Crippen LogP contribution in [-0.2, 0) is 9.53 Å². The monoisotopic (exact) mass is 197 g/mol. The SMILES string of the molecule is COC1(C)CCN(C(=O)C=C(C)C)C1. The Balaban J connectivity index is 2.58. The maximum Gasteiger partial charge on any atom is 0.246 e. The normalized spacial score (nSPS) is 26.4. The van der Waals surface area contributed by atoms with Gasteiger partial charge < -0.3 is 9.64 Å². The Morgan fingerprint density at radius 2 is 2.14 bits per heavy atom. The van der Waals surface area contributed by atoms with Gasteiger partial charge in [-0.05, 0) is 27.2 Å². The van der Waals surface area contributed by atoms with Gasteiger partial charge in [0.05, 0.1) is 5.60 Å². The summed E-state index contributed by atoms with van der Waals surface area (Å²) in [6.07, 6.45) is 2.60. The van der Waals surface area contributed by atoms with E-state index in [2.05, 4.69) is 0 Å². The molecule has 0 N–H and O–H groups in total. The molecule has 0 aromatic heterocycles. The lowest BCUT2D eigenvalue weighted by Crippen LogP contribution is -2.34. The van der Waals surface area contributed by atoms with Gasteiger partial charge in [-0.25, -0.2) is 0 Å². The van der Waals surface area contributed by atoms with E-state index in [1.54, 1.807) is 13.2 Å². The van der Waals surface area contributed by atoms with Gasteiger partial charge in [0, 0.05) is 26.3 Å². The van der Waals surface area contributed by atoms with Crippen LogP contribution in [0.4, 0.5) is 0 Å². The molecule has 14 heavy (non-hydrogen) atoms. The highest BCUT2D eigenvalue weighted by Gasteiger charge is 2.35. The third kappa shape index (κ3) is 2.58. The minimum atomic E-state index is -0.148. The maximum atomic E-state index is 11.7. The predicted molar refractivity (Wildman–Crippen MR) is 56.0 cm³/mol. The van der Waals surface area contributed by atoms with E-state index < -0.39 is 0 Å². The highest BCUT2D eigenvalue weighted by Crippen LogP contribution is 2.24. The second-order valence-electron chi connectivity index (χ2n) is 4.39. The van der Waals surface area contributed by atoms with Crippen molar-refractivity contribution in [2.24, 2.45) is 0 Å². The number of hydrogen-bond donors (Lipinski definition) is 0. The summed E-state index contributed by atoms with van der Waals surface area (Å²) in [5.74, 6) is 0.103. The van der Waals surface area contributed by atoms with Crippen LogP contribution in [0.25, 0.3) is 0 Å². The molecular formula is C11H19NO2. The topological polar surface area (TPSA) is 29.5 Å². The van der Waals surface area contributed by atoms with Crippen molar-refractivity contribution in [3.05, 3.63) is 11.6 Å². The fourth-order valence-electron chi connectivity index (χ4n) is 1.63. The molecule has 1 aliphatic heterocycles. The molecule has 80 valence electrons. The number of ether oxygens (including phenoxy) is 1. The van der Waals surface area contributed by atoms with Gasteiger partial charge in [0.1, 0.15) is 0 Å². The molecule has 1 unspecified atom stereocenters. The van der Waals surface area contributed by atoms with Crippen LogP contribution in [0.15, 0.2) is 11.6 Å². The van der Waals surface area contributed by atoms with Crippen LogP contribution in [-0.4, -0.2) is 36.6 Å². The molecule has 1 fully saturated rings. The first-order valence-corrected chi connectivity index (χ1v) is 4.96. The van der Waals surface area contributed by atoms with E-state index in [1.165, 1.54) is 0 Å². The largest absolute Gasteiger partial charge is 0.377 e. The van der Waals surface area contributed by atoms with Gasteiger partial charge in [0.2, 0.25) is 5.91 Å². The molecule has 1 aliphatic rings. The lowest BCUT2D eigenvalue weighted by atomic mass is 10.1. The number of nitrogens with zero attached hydrogens (tertiary/aromatic N) is 1. The van der Waals surface area contributed by atoms with Gasteiger partial charge in [-0.3, -0.25) is 4.79 Å². The third-order valence-corrected chi connectivity index (χ3v) is 2.65. The Labute approximate surface area is 85.7 Å². The predicted octanol–water partition coefficient (Wildman–Crippen LogP) is 1.59. The molecule has 0 aromatic rings. The smallest absolute Gasteiger partial charge is 0.246 e. The standard InChI is InChI=1S/C11H19NO2/c1-9(2)7-10(13)12-6-5-11(3,8-12)14-4/h7H,5-6,8H2,1-4H3. The van der Waals surface area contributed by atoms with E-state index in [0.717, 1.165) is 18.5 Å². The molecule has 1 saturated heterocycles. The number of amides is 1. The highest BCUT2D eigenvalue weighted by molar-refractivity contribution is 5.88. The van der Waals surface area contributed by atoms with Crippen molar-refractivity contribution in [1.29, 1.82) is 0 Å². The number of methoxy groups -OCH3 is 1. The van der Waals surface area contributed by atoms with Gasteiger partial charge in [0.25, 0.3) is 0 Å². The molecule has 0 bridgehead atoms. The fraction of sp³-hybridized carbons (Fsp3) is 0.727. The van der Waals surface area contributed by atoms with Crippen molar-refractivity contribution in [3.8, 4) is 0 Å². The van der Waals surface area contributed by atoms with Crippen molar-refractivity contribution in [2.45, 2.75) is 32.8 Å². The molecule has 1 amide bonds. The molecule has 3 nitrogen and oxygen atoms in total. The molecule has 0 spiro atoms. The lowest BCUT2D eigenvalue weighted by molar-refractivity contribution is -0.126. The molecule has 3 heteroatoms. The summed E-state index contributed by atoms with van der Waals surface area (Å²) >= 11 is 0. The number of carbonyl (C=O) groups is 1. The Hall–Kier alpha value is -0.830. The van der Waals surface area contributed by atoms with E-state index in [-0.39, 0.29) is 11.5 Å². The molecular weight excluding hydrogens is 178 g/mol. The van der Waals surface area contributed by atoms with Crippen LogP contribution in [0.2, 0.25) is 0 Å². The molecule has 1 rings (SSSR count). The first kappa shape index (κ1) is 11.2. The van der Waals surface area contributed by atoms with Crippen LogP contribution in [0.5, 0.6) is 0 Å². The van der Waals surface area contributed by atoms with Crippen LogP contribution in [0.3, 0.4) is 0 Å². The summed E-state index contributed by atoms with van der Waals surface area (Å²) < 4.78 is 5.37. The van der Waals surface area contributed by atoms with E-state index >= 15 is 0 Å². The van der Waals surface area contributed by atoms with Crippen molar-refractivity contribution in [3.63, 3.8) is 0 Å². The van der Waals surface area contributed by atoms with Gasteiger partial charge in [-0.15, -0.1) is 0 Å². The van der Waals surface area contributed by atoms with Gasteiger partial charge in [-0.2, -0.15) is 0 Å². The first-order chi connectivity index (χ1) is 6.47. The summed E-state index contributed by atoms with van der Waals surface area (Å²) in [6, 6.07) is 0. The summed E-state index contributed by atoms with van der Waals surface area (Å²) in [7, 11) is 1.70. The third-order valence-electron chi connectivity index (χ3n) is 2.65. The van der Waals surface area contributed by atoms with Crippen molar-refractivity contribution >= 4 is 5.91 Å². The van der Waals surface area contributed by atoms with Gasteiger partial charge >= 0.3 is 0 Å². The summed E-state index contributed by atoms with van der Waals surface area (Å²) in [5, 5.41) is 0. The lowest BCUT2D eigenvalue weighted by Gasteiger charge is -2.22. The molecule has 0 radical (unpaired) electrons. The van der Waals surface area contributed by atoms with Crippen LogP contribution in [0.1, 0.15) is 27.2 Å². The van der Waals surface area contributed by atoms with E-state index in [9.17, 15) is 4.79 Å². The number of allylic oxidation sites excluding steroid dienone is 1. The zero-order valence-corrected chi connectivity index (χ0v) is 9.46. The second kappa shape index (κ2) is 4.13. The summed E-state index contributed by atoms with van der Waals surface area (Å²) in [4.78, 5) is 13.5. The molecule has 1 heterocycles. The molecule has 0 aromatic carbocycles. The summed E-state index contributed by atoms with van der Waals surface area (Å²) in [5.41, 5.74) is 0.895. The molecule has 0 saturated carbocycles. The minimum absolute atomic E-state index is 0.103. The van der Waals surface area contributed by atoms with Crippen LogP contribution in [0, 0.1) is 0 Å². The number of rotatable bonds is 2. The Morgan fingerprint density at radius 1 is 1.50 bits per heavy atom. The average Bonchev–Trinajstić information content (AvgIpc) is 2.48. The number of carbonyl (C=O) groups excluding carboxylic acids is 1. The van der Waals surface area contributed by atoms with Crippen molar-refractivity contribution in [2.75, 3.05) is 20.2 Å². The van der Waals surface area contributed by atoms with E-state index in [4.69, 9.17) is 4.74 Å². The van der Waals surface area contributed by atoms with Gasteiger partial charge in [-0.1, -0.05) is 5.57 Å². The Bertz CT molecular complexity index is 256. The van der Waals surface area contributed by atoms with Crippen LogP contribution >= 0.6 is 0 Å². The molecule has 1 atom stereocenters. The maximum absolute atomic E-state index is 11.7.